The average Bonchev–Trinajstić information content (AvgIpc) is 3.17. The summed E-state index contributed by atoms with van der Waals surface area (Å²) < 4.78 is 39.1. The van der Waals surface area contributed by atoms with Gasteiger partial charge in [0.2, 0.25) is 6.41 Å². The number of nitrogens with zero attached hydrogens (tertiary/aromatic N) is 1. The smallest absolute Gasteiger partial charge is 0.355 e. The number of amides is 1. The minimum atomic E-state index is -4.39. The Kier molecular flexibility index (Phi) is 4.94. The first-order valence-corrected chi connectivity index (χ1v) is 9.56. The van der Waals surface area contributed by atoms with Crippen molar-refractivity contribution in [1.29, 1.82) is 0 Å². The second kappa shape index (κ2) is 7.43. The van der Waals surface area contributed by atoms with Crippen molar-refractivity contribution in [3.05, 3.63) is 71.3 Å². The van der Waals surface area contributed by atoms with E-state index in [1.165, 1.54) is 6.07 Å². The van der Waals surface area contributed by atoms with E-state index in [-0.39, 0.29) is 6.04 Å². The molecule has 1 heterocycles. The molecular formula is C23H21F3N2O. The molecule has 1 saturated heterocycles. The summed E-state index contributed by atoms with van der Waals surface area (Å²) in [5.74, 6) is 0. The zero-order valence-electron chi connectivity index (χ0n) is 16.0. The van der Waals surface area contributed by atoms with Crippen molar-refractivity contribution in [3.63, 3.8) is 0 Å². The molecule has 3 nitrogen and oxygen atoms in total. The lowest BCUT2D eigenvalue weighted by atomic mass is 9.93. The van der Waals surface area contributed by atoms with Crippen LogP contribution in [0.1, 0.15) is 35.6 Å². The van der Waals surface area contributed by atoms with E-state index in [1.807, 2.05) is 42.2 Å². The number of halogens is 3. The monoisotopic (exact) mass is 398 g/mol. The second-order valence-electron chi connectivity index (χ2n) is 7.40. The molecule has 3 aromatic rings. The van der Waals surface area contributed by atoms with Crippen molar-refractivity contribution >= 4 is 28.6 Å². The van der Waals surface area contributed by atoms with Gasteiger partial charge in [0.15, 0.2) is 0 Å². The third-order valence-corrected chi connectivity index (χ3v) is 5.54. The third kappa shape index (κ3) is 3.67. The van der Waals surface area contributed by atoms with Gasteiger partial charge in [-0.05, 0) is 60.5 Å². The second-order valence-corrected chi connectivity index (χ2v) is 7.40. The molecule has 1 unspecified atom stereocenters. The SMILES string of the molecule is Cc1cccc2c(Nc3cccc(C(F)(F)F)c3)ccc(C3CCCN3C=O)c12. The van der Waals surface area contributed by atoms with Gasteiger partial charge in [-0.1, -0.05) is 30.3 Å². The van der Waals surface area contributed by atoms with E-state index < -0.39 is 11.7 Å². The highest BCUT2D eigenvalue weighted by atomic mass is 19.4. The van der Waals surface area contributed by atoms with Gasteiger partial charge in [-0.15, -0.1) is 0 Å². The van der Waals surface area contributed by atoms with E-state index in [2.05, 4.69) is 5.32 Å². The zero-order valence-corrected chi connectivity index (χ0v) is 16.0. The van der Waals surface area contributed by atoms with Crippen LogP contribution in [0.25, 0.3) is 10.8 Å². The van der Waals surface area contributed by atoms with Crippen LogP contribution in [0.2, 0.25) is 0 Å². The molecule has 0 radical (unpaired) electrons. The minimum absolute atomic E-state index is 0.0266. The van der Waals surface area contributed by atoms with Crippen molar-refractivity contribution in [2.75, 3.05) is 11.9 Å². The van der Waals surface area contributed by atoms with Gasteiger partial charge in [0, 0.05) is 23.3 Å². The summed E-state index contributed by atoms with van der Waals surface area (Å²) in [6.45, 7) is 2.76. The standard InChI is InChI=1S/C23H21F3N2O/c1-15-5-2-8-18-20(27-17-7-3-6-16(13-17)23(24,25)26)11-10-19(22(15)18)21-9-4-12-28(21)14-29/h2-3,5-8,10-11,13-14,21,27H,4,9,12H2,1H3. The molecule has 0 saturated carbocycles. The summed E-state index contributed by atoms with van der Waals surface area (Å²) in [6, 6.07) is 15.0. The van der Waals surface area contributed by atoms with Crippen LogP contribution in [0, 0.1) is 6.92 Å². The molecule has 1 fully saturated rings. The molecule has 0 aromatic heterocycles. The maximum atomic E-state index is 13.0. The Morgan fingerprint density at radius 1 is 1.10 bits per heavy atom. The fourth-order valence-electron chi connectivity index (χ4n) is 4.19. The molecule has 29 heavy (non-hydrogen) atoms. The predicted octanol–water partition coefficient (Wildman–Crippen LogP) is 6.20. The predicted molar refractivity (Wildman–Crippen MR) is 108 cm³/mol. The fourth-order valence-corrected chi connectivity index (χ4v) is 4.19. The number of benzene rings is 3. The van der Waals surface area contributed by atoms with Crippen molar-refractivity contribution in [2.45, 2.75) is 32.0 Å². The molecule has 1 amide bonds. The first-order valence-electron chi connectivity index (χ1n) is 9.56. The van der Waals surface area contributed by atoms with E-state index in [0.717, 1.165) is 65.5 Å². The molecule has 1 N–H and O–H groups in total. The summed E-state index contributed by atoms with van der Waals surface area (Å²) in [4.78, 5) is 13.3. The highest BCUT2D eigenvalue weighted by Gasteiger charge is 2.30. The minimum Gasteiger partial charge on any atom is -0.355 e. The fraction of sp³-hybridized carbons (Fsp3) is 0.261. The molecular weight excluding hydrogens is 377 g/mol. The van der Waals surface area contributed by atoms with Crippen LogP contribution in [0.3, 0.4) is 0 Å². The largest absolute Gasteiger partial charge is 0.416 e. The van der Waals surface area contributed by atoms with Gasteiger partial charge >= 0.3 is 6.18 Å². The van der Waals surface area contributed by atoms with Crippen LogP contribution in [-0.4, -0.2) is 17.9 Å². The van der Waals surface area contributed by atoms with Crippen LogP contribution in [0.15, 0.2) is 54.6 Å². The molecule has 1 aliphatic heterocycles. The number of carbonyl (C=O) groups is 1. The number of hydrogen-bond donors (Lipinski definition) is 1. The molecule has 4 rings (SSSR count). The number of likely N-dealkylation sites (tertiary alicyclic amines) is 1. The molecule has 0 spiro atoms. The number of rotatable bonds is 4. The van der Waals surface area contributed by atoms with Crippen LogP contribution < -0.4 is 5.32 Å². The Morgan fingerprint density at radius 2 is 1.90 bits per heavy atom. The molecule has 150 valence electrons. The van der Waals surface area contributed by atoms with Gasteiger partial charge in [0.05, 0.1) is 11.6 Å². The quantitative estimate of drug-likeness (QED) is 0.531. The number of hydrogen-bond acceptors (Lipinski definition) is 2. The normalized spacial score (nSPS) is 17.0. The lowest BCUT2D eigenvalue weighted by molar-refractivity contribution is -0.137. The number of fused-ring (bicyclic) bond motifs is 1. The van der Waals surface area contributed by atoms with Gasteiger partial charge < -0.3 is 10.2 Å². The lowest BCUT2D eigenvalue weighted by Crippen LogP contribution is -2.21. The average molecular weight is 398 g/mol. The maximum Gasteiger partial charge on any atom is 0.416 e. The van der Waals surface area contributed by atoms with Crippen molar-refractivity contribution in [3.8, 4) is 0 Å². The molecule has 1 atom stereocenters. The van der Waals surface area contributed by atoms with E-state index in [4.69, 9.17) is 0 Å². The van der Waals surface area contributed by atoms with Gasteiger partial charge in [-0.2, -0.15) is 13.2 Å². The summed E-state index contributed by atoms with van der Waals surface area (Å²) in [5, 5.41) is 5.12. The Hall–Kier alpha value is -3.02. The summed E-state index contributed by atoms with van der Waals surface area (Å²) in [5.41, 5.74) is 2.58. The van der Waals surface area contributed by atoms with E-state index in [1.54, 1.807) is 6.07 Å². The van der Waals surface area contributed by atoms with Crippen molar-refractivity contribution in [2.24, 2.45) is 0 Å². The van der Waals surface area contributed by atoms with E-state index >= 15 is 0 Å². The number of alkyl halides is 3. The number of aryl methyl sites for hydroxylation is 1. The molecule has 1 aliphatic rings. The Morgan fingerprint density at radius 3 is 2.66 bits per heavy atom. The number of anilines is 2. The Balaban J connectivity index is 1.79. The molecule has 0 aliphatic carbocycles. The first-order chi connectivity index (χ1) is 13.9. The number of carbonyl (C=O) groups excluding carboxylic acids is 1. The molecule has 3 aromatic carbocycles. The highest BCUT2D eigenvalue weighted by Crippen LogP contribution is 2.40. The molecule has 6 heteroatoms. The van der Waals surface area contributed by atoms with Gasteiger partial charge in [0.25, 0.3) is 0 Å². The van der Waals surface area contributed by atoms with Crippen LogP contribution in [0.4, 0.5) is 24.5 Å². The van der Waals surface area contributed by atoms with Gasteiger partial charge in [-0.3, -0.25) is 4.79 Å². The topological polar surface area (TPSA) is 32.3 Å². The summed E-state index contributed by atoms with van der Waals surface area (Å²) in [7, 11) is 0. The van der Waals surface area contributed by atoms with Crippen molar-refractivity contribution < 1.29 is 18.0 Å². The van der Waals surface area contributed by atoms with Crippen molar-refractivity contribution in [1.82, 2.24) is 4.90 Å². The van der Waals surface area contributed by atoms with Gasteiger partial charge in [-0.25, -0.2) is 0 Å². The van der Waals surface area contributed by atoms with Crippen LogP contribution in [0.5, 0.6) is 0 Å². The summed E-state index contributed by atoms with van der Waals surface area (Å²) in [6.07, 6.45) is -1.62. The molecule has 0 bridgehead atoms. The highest BCUT2D eigenvalue weighted by molar-refractivity contribution is 5.99. The Labute approximate surface area is 167 Å². The zero-order chi connectivity index (χ0) is 20.6. The lowest BCUT2D eigenvalue weighted by Gasteiger charge is -2.24. The first kappa shape index (κ1) is 19.3. The van der Waals surface area contributed by atoms with Crippen LogP contribution in [-0.2, 0) is 11.0 Å². The summed E-state index contributed by atoms with van der Waals surface area (Å²) >= 11 is 0. The van der Waals surface area contributed by atoms with E-state index in [9.17, 15) is 18.0 Å². The Bertz CT molecular complexity index is 1060. The maximum absolute atomic E-state index is 13.0. The number of nitrogens with one attached hydrogen (secondary N) is 1. The van der Waals surface area contributed by atoms with Gasteiger partial charge in [0.1, 0.15) is 0 Å². The van der Waals surface area contributed by atoms with Crippen LogP contribution >= 0.6 is 0 Å². The van der Waals surface area contributed by atoms with E-state index in [0.29, 0.717) is 5.69 Å². The third-order valence-electron chi connectivity index (χ3n) is 5.54.